The van der Waals surface area contributed by atoms with E-state index in [4.69, 9.17) is 0 Å². The van der Waals surface area contributed by atoms with Crippen molar-refractivity contribution in [3.05, 3.63) is 23.5 Å². The molecule has 0 radical (unpaired) electrons. The Balaban J connectivity index is 0.00000127. The van der Waals surface area contributed by atoms with Crippen LogP contribution in [0, 0.1) is 12.7 Å². The summed E-state index contributed by atoms with van der Waals surface area (Å²) in [5, 5.41) is 7.14. The molecular formula is C16H23FN4O2. The molecule has 2 amide bonds. The number of rotatable bonds is 5. The van der Waals surface area contributed by atoms with Crippen molar-refractivity contribution in [1.82, 2.24) is 15.1 Å². The van der Waals surface area contributed by atoms with Crippen LogP contribution in [0.25, 0.3) is 10.9 Å². The highest BCUT2D eigenvalue weighted by molar-refractivity contribution is 5.91. The van der Waals surface area contributed by atoms with Gasteiger partial charge in [0, 0.05) is 32.4 Å². The summed E-state index contributed by atoms with van der Waals surface area (Å²) in [6, 6.07) is 3.20. The number of fused-ring (bicyclic) bond motifs is 1. The van der Waals surface area contributed by atoms with Crippen molar-refractivity contribution in [1.29, 1.82) is 0 Å². The highest BCUT2D eigenvalue weighted by Gasteiger charge is 2.15. The Labute approximate surface area is 135 Å². The van der Waals surface area contributed by atoms with Gasteiger partial charge in [-0.05, 0) is 24.6 Å². The summed E-state index contributed by atoms with van der Waals surface area (Å²) < 4.78 is 15.4. The van der Waals surface area contributed by atoms with Gasteiger partial charge in [-0.2, -0.15) is 5.10 Å². The number of anilines is 1. The van der Waals surface area contributed by atoms with Crippen LogP contribution < -0.4 is 10.2 Å². The molecule has 6 nitrogen and oxygen atoms in total. The molecular weight excluding hydrogens is 299 g/mol. The van der Waals surface area contributed by atoms with Crippen molar-refractivity contribution in [2.75, 3.05) is 18.5 Å². The number of halogens is 1. The number of nitrogens with zero attached hydrogens (tertiary/aromatic N) is 3. The zero-order valence-electron chi connectivity index (χ0n) is 14.2. The summed E-state index contributed by atoms with van der Waals surface area (Å²) in [6.45, 7) is 6.08. The van der Waals surface area contributed by atoms with E-state index in [0.29, 0.717) is 29.7 Å². The van der Waals surface area contributed by atoms with Gasteiger partial charge in [0.25, 0.3) is 0 Å². The van der Waals surface area contributed by atoms with Crippen molar-refractivity contribution < 1.29 is 14.0 Å². The number of carbonyl (C=O) groups is 2. The van der Waals surface area contributed by atoms with Crippen LogP contribution >= 0.6 is 0 Å². The number of amides is 2. The molecule has 126 valence electrons. The van der Waals surface area contributed by atoms with E-state index in [2.05, 4.69) is 10.4 Å². The minimum atomic E-state index is -0.362. The summed E-state index contributed by atoms with van der Waals surface area (Å²) in [5.41, 5.74) is 1.39. The topological polar surface area (TPSA) is 67.2 Å². The van der Waals surface area contributed by atoms with E-state index < -0.39 is 0 Å². The molecule has 2 rings (SSSR count). The lowest BCUT2D eigenvalue weighted by Gasteiger charge is -2.16. The van der Waals surface area contributed by atoms with Gasteiger partial charge < -0.3 is 4.90 Å². The van der Waals surface area contributed by atoms with Crippen LogP contribution in [0.1, 0.15) is 25.8 Å². The molecule has 7 heteroatoms. The van der Waals surface area contributed by atoms with Gasteiger partial charge in [0.1, 0.15) is 5.82 Å². The third-order valence-electron chi connectivity index (χ3n) is 3.37. The average molecular weight is 322 g/mol. The maximum absolute atomic E-state index is 13.8. The molecule has 1 aromatic carbocycles. The van der Waals surface area contributed by atoms with Crippen molar-refractivity contribution in [2.24, 2.45) is 7.05 Å². The first-order valence-electron chi connectivity index (χ1n) is 7.51. The van der Waals surface area contributed by atoms with Crippen molar-refractivity contribution in [2.45, 2.75) is 27.2 Å². The third-order valence-corrected chi connectivity index (χ3v) is 3.37. The number of imide groups is 1. The normalized spacial score (nSPS) is 10.0. The molecule has 2 aromatic rings. The Bertz CT molecular complexity index is 697. The number of aromatic nitrogens is 2. The minimum absolute atomic E-state index is 0.154. The van der Waals surface area contributed by atoms with E-state index in [9.17, 15) is 14.0 Å². The van der Waals surface area contributed by atoms with Gasteiger partial charge in [-0.25, -0.2) is 4.39 Å². The second-order valence-electron chi connectivity index (χ2n) is 4.92. The molecule has 1 heterocycles. The van der Waals surface area contributed by atoms with Crippen LogP contribution in [-0.2, 0) is 16.6 Å². The molecule has 0 aliphatic carbocycles. The fourth-order valence-electron chi connectivity index (χ4n) is 2.16. The standard InChI is InChI=1S/C14H17FN4O2.C2H6/c1-9-6-12-10(7-11(9)15)14(17-19(12)3)18(2)5-4-13(21)16-8-20;1-2/h6-8H,4-5H2,1-3H3,(H,16,20,21);1-2H3. The summed E-state index contributed by atoms with van der Waals surface area (Å²) in [7, 11) is 3.56. The molecule has 0 aliphatic rings. The van der Waals surface area contributed by atoms with Gasteiger partial charge in [0.15, 0.2) is 5.82 Å². The van der Waals surface area contributed by atoms with Crippen LogP contribution in [-0.4, -0.2) is 35.7 Å². The molecule has 0 saturated heterocycles. The monoisotopic (exact) mass is 322 g/mol. The Kier molecular flexibility index (Phi) is 6.68. The Hall–Kier alpha value is -2.44. The van der Waals surface area contributed by atoms with Gasteiger partial charge in [0.05, 0.1) is 5.52 Å². The predicted octanol–water partition coefficient (Wildman–Crippen LogP) is 2.15. The zero-order valence-corrected chi connectivity index (χ0v) is 14.2. The fraction of sp³-hybridized carbons (Fsp3) is 0.438. The smallest absolute Gasteiger partial charge is 0.228 e. The Morgan fingerprint density at radius 1 is 1.43 bits per heavy atom. The summed E-state index contributed by atoms with van der Waals surface area (Å²) >= 11 is 0. The molecule has 0 unspecified atom stereocenters. The van der Waals surface area contributed by atoms with E-state index in [-0.39, 0.29) is 18.1 Å². The van der Waals surface area contributed by atoms with E-state index >= 15 is 0 Å². The van der Waals surface area contributed by atoms with Gasteiger partial charge in [-0.3, -0.25) is 19.6 Å². The summed E-state index contributed by atoms with van der Waals surface area (Å²) in [4.78, 5) is 23.2. The van der Waals surface area contributed by atoms with Crippen LogP contribution in [0.3, 0.4) is 0 Å². The Morgan fingerprint density at radius 2 is 2.09 bits per heavy atom. The maximum atomic E-state index is 13.8. The number of nitrogens with one attached hydrogen (secondary N) is 1. The quantitative estimate of drug-likeness (QED) is 0.857. The lowest BCUT2D eigenvalue weighted by molar-refractivity contribution is -0.125. The molecule has 0 bridgehead atoms. The number of carbonyl (C=O) groups excluding carboxylic acids is 2. The summed E-state index contributed by atoms with van der Waals surface area (Å²) in [6.07, 6.45) is 0.512. The van der Waals surface area contributed by atoms with Crippen molar-refractivity contribution >= 4 is 29.0 Å². The van der Waals surface area contributed by atoms with Gasteiger partial charge in [-0.1, -0.05) is 13.8 Å². The first kappa shape index (κ1) is 18.6. The predicted molar refractivity (Wildman–Crippen MR) is 88.9 cm³/mol. The number of aryl methyl sites for hydroxylation is 2. The molecule has 0 saturated carbocycles. The average Bonchev–Trinajstić information content (AvgIpc) is 2.84. The molecule has 23 heavy (non-hydrogen) atoms. The van der Waals surface area contributed by atoms with Gasteiger partial charge in [0.2, 0.25) is 12.3 Å². The van der Waals surface area contributed by atoms with Crippen LogP contribution in [0.15, 0.2) is 12.1 Å². The second-order valence-corrected chi connectivity index (χ2v) is 4.92. The first-order valence-corrected chi connectivity index (χ1v) is 7.51. The maximum Gasteiger partial charge on any atom is 0.228 e. The highest BCUT2D eigenvalue weighted by Crippen LogP contribution is 2.27. The van der Waals surface area contributed by atoms with E-state index in [1.165, 1.54) is 6.07 Å². The highest BCUT2D eigenvalue weighted by atomic mass is 19.1. The first-order chi connectivity index (χ1) is 10.9. The third kappa shape index (κ3) is 4.28. The van der Waals surface area contributed by atoms with E-state index in [1.54, 1.807) is 36.7 Å². The fourth-order valence-corrected chi connectivity index (χ4v) is 2.16. The number of hydrogen-bond acceptors (Lipinski definition) is 4. The van der Waals surface area contributed by atoms with Crippen molar-refractivity contribution in [3.63, 3.8) is 0 Å². The molecule has 0 atom stereocenters. The minimum Gasteiger partial charge on any atom is -0.357 e. The molecule has 1 aromatic heterocycles. The largest absolute Gasteiger partial charge is 0.357 e. The number of hydrogen-bond donors (Lipinski definition) is 1. The molecule has 1 N–H and O–H groups in total. The van der Waals surface area contributed by atoms with Crippen LogP contribution in [0.2, 0.25) is 0 Å². The van der Waals surface area contributed by atoms with Gasteiger partial charge in [-0.15, -0.1) is 0 Å². The van der Waals surface area contributed by atoms with E-state index in [1.807, 2.05) is 13.8 Å². The second kappa shape index (κ2) is 8.26. The zero-order chi connectivity index (χ0) is 17.6. The van der Waals surface area contributed by atoms with Crippen LogP contribution in [0.5, 0.6) is 0 Å². The van der Waals surface area contributed by atoms with Crippen molar-refractivity contribution in [3.8, 4) is 0 Å². The Morgan fingerprint density at radius 3 is 2.70 bits per heavy atom. The summed E-state index contributed by atoms with van der Waals surface area (Å²) in [5.74, 6) is -0.0479. The molecule has 0 spiro atoms. The van der Waals surface area contributed by atoms with Crippen LogP contribution in [0.4, 0.5) is 10.2 Å². The van der Waals surface area contributed by atoms with Gasteiger partial charge >= 0.3 is 0 Å². The van der Waals surface area contributed by atoms with E-state index in [0.717, 1.165) is 5.52 Å². The number of benzene rings is 1. The SMILES string of the molecule is CC.Cc1cc2c(cc1F)c(N(C)CCC(=O)NC=O)nn2C. The lowest BCUT2D eigenvalue weighted by Crippen LogP contribution is -2.28. The molecule has 0 fully saturated rings. The lowest BCUT2D eigenvalue weighted by atomic mass is 10.1. The molecule has 0 aliphatic heterocycles.